The highest BCUT2D eigenvalue weighted by atomic mass is 16.2. The lowest BCUT2D eigenvalue weighted by Gasteiger charge is -2.18. The molecule has 104 valence electrons. The van der Waals surface area contributed by atoms with Crippen molar-refractivity contribution in [1.29, 1.82) is 0 Å². The van der Waals surface area contributed by atoms with Crippen molar-refractivity contribution in [3.63, 3.8) is 0 Å². The number of aryl methyl sites for hydroxylation is 1. The first-order chi connectivity index (χ1) is 8.93. The van der Waals surface area contributed by atoms with E-state index in [1.165, 1.54) is 0 Å². The minimum atomic E-state index is -0.528. The molecule has 1 atom stereocenters. The summed E-state index contributed by atoms with van der Waals surface area (Å²) >= 11 is 0. The van der Waals surface area contributed by atoms with Crippen LogP contribution in [-0.4, -0.2) is 29.9 Å². The van der Waals surface area contributed by atoms with Crippen LogP contribution in [0.4, 0.5) is 0 Å². The smallest absolute Gasteiger partial charge is 0.270 e. The minimum absolute atomic E-state index is 0.185. The van der Waals surface area contributed by atoms with Gasteiger partial charge in [-0.2, -0.15) is 0 Å². The molecule has 2 amide bonds. The Balaban J connectivity index is 2.78. The van der Waals surface area contributed by atoms with E-state index >= 15 is 0 Å². The lowest BCUT2D eigenvalue weighted by molar-refractivity contribution is -0.122. The maximum atomic E-state index is 12.1. The number of likely N-dealkylation sites (N-methyl/N-ethyl adjacent to an activating group) is 1. The van der Waals surface area contributed by atoms with E-state index in [0.717, 1.165) is 5.69 Å². The molecule has 5 heteroatoms. The summed E-state index contributed by atoms with van der Waals surface area (Å²) in [6, 6.07) is 4.70. The summed E-state index contributed by atoms with van der Waals surface area (Å²) in [5.74, 6) is -0.194. The number of pyridine rings is 1. The molecule has 5 nitrogen and oxygen atoms in total. The second-order valence-corrected chi connectivity index (χ2v) is 4.93. The van der Waals surface area contributed by atoms with Gasteiger partial charge in [-0.15, -0.1) is 0 Å². The van der Waals surface area contributed by atoms with Crippen molar-refractivity contribution in [2.24, 2.45) is 5.92 Å². The molecule has 1 rings (SSSR count). The molecule has 1 heterocycles. The normalized spacial score (nSPS) is 12.1. The first-order valence-corrected chi connectivity index (χ1v) is 6.40. The molecule has 0 unspecified atom stereocenters. The molecule has 0 spiro atoms. The SMILES string of the molecule is CNC(=O)[C@H](CC(C)C)NC(=O)c1cccc(C)n1. The summed E-state index contributed by atoms with van der Waals surface area (Å²) in [6.07, 6.45) is 0.594. The monoisotopic (exact) mass is 263 g/mol. The minimum Gasteiger partial charge on any atom is -0.357 e. The Labute approximate surface area is 113 Å². The molecule has 0 aliphatic heterocycles. The molecule has 0 aliphatic carbocycles. The molecule has 0 radical (unpaired) electrons. The molecular formula is C14H21N3O2. The average molecular weight is 263 g/mol. The molecule has 1 aromatic heterocycles. The van der Waals surface area contributed by atoms with Gasteiger partial charge in [-0.05, 0) is 31.4 Å². The molecule has 1 aromatic rings. The van der Waals surface area contributed by atoms with E-state index in [0.29, 0.717) is 18.0 Å². The van der Waals surface area contributed by atoms with Gasteiger partial charge in [0.15, 0.2) is 0 Å². The number of amides is 2. The van der Waals surface area contributed by atoms with E-state index in [-0.39, 0.29) is 11.8 Å². The highest BCUT2D eigenvalue weighted by Gasteiger charge is 2.21. The third-order valence-corrected chi connectivity index (χ3v) is 2.70. The summed E-state index contributed by atoms with van der Waals surface area (Å²) in [7, 11) is 1.56. The van der Waals surface area contributed by atoms with E-state index in [4.69, 9.17) is 0 Å². The van der Waals surface area contributed by atoms with Gasteiger partial charge in [-0.25, -0.2) is 4.98 Å². The van der Waals surface area contributed by atoms with Crippen LogP contribution in [-0.2, 0) is 4.79 Å². The summed E-state index contributed by atoms with van der Waals surface area (Å²) in [6.45, 7) is 5.83. The predicted octanol–water partition coefficient (Wildman–Crippen LogP) is 1.28. The maximum absolute atomic E-state index is 12.1. The van der Waals surface area contributed by atoms with Crippen molar-refractivity contribution >= 4 is 11.8 Å². The zero-order valence-corrected chi connectivity index (χ0v) is 11.9. The number of nitrogens with one attached hydrogen (secondary N) is 2. The van der Waals surface area contributed by atoms with E-state index in [9.17, 15) is 9.59 Å². The van der Waals surface area contributed by atoms with Gasteiger partial charge in [-0.1, -0.05) is 19.9 Å². The Morgan fingerprint density at radius 2 is 2.00 bits per heavy atom. The second-order valence-electron chi connectivity index (χ2n) is 4.93. The average Bonchev–Trinajstić information content (AvgIpc) is 2.36. The quantitative estimate of drug-likeness (QED) is 0.840. The molecular weight excluding hydrogens is 242 g/mol. The van der Waals surface area contributed by atoms with Crippen LogP contribution in [0.25, 0.3) is 0 Å². The highest BCUT2D eigenvalue weighted by molar-refractivity contribution is 5.96. The fraction of sp³-hybridized carbons (Fsp3) is 0.500. The summed E-state index contributed by atoms with van der Waals surface area (Å²) < 4.78 is 0. The molecule has 0 bridgehead atoms. The lowest BCUT2D eigenvalue weighted by atomic mass is 10.0. The van der Waals surface area contributed by atoms with Crippen molar-refractivity contribution in [3.8, 4) is 0 Å². The molecule has 0 saturated carbocycles. The fourth-order valence-corrected chi connectivity index (χ4v) is 1.78. The van der Waals surface area contributed by atoms with Crippen LogP contribution in [0.15, 0.2) is 18.2 Å². The number of aromatic nitrogens is 1. The van der Waals surface area contributed by atoms with Crippen LogP contribution < -0.4 is 10.6 Å². The van der Waals surface area contributed by atoms with Gasteiger partial charge in [0.05, 0.1) is 0 Å². The first kappa shape index (κ1) is 15.1. The van der Waals surface area contributed by atoms with Crippen molar-refractivity contribution in [2.45, 2.75) is 33.2 Å². The number of carbonyl (C=O) groups excluding carboxylic acids is 2. The van der Waals surface area contributed by atoms with Crippen molar-refractivity contribution in [3.05, 3.63) is 29.6 Å². The van der Waals surface area contributed by atoms with Gasteiger partial charge in [-0.3, -0.25) is 9.59 Å². The summed E-state index contributed by atoms with van der Waals surface area (Å²) in [4.78, 5) is 27.9. The van der Waals surface area contributed by atoms with Crippen LogP contribution in [0, 0.1) is 12.8 Å². The Kier molecular flexibility index (Phi) is 5.48. The van der Waals surface area contributed by atoms with E-state index in [1.54, 1.807) is 19.2 Å². The van der Waals surface area contributed by atoms with Gasteiger partial charge in [0, 0.05) is 12.7 Å². The van der Waals surface area contributed by atoms with Crippen molar-refractivity contribution in [1.82, 2.24) is 15.6 Å². The Morgan fingerprint density at radius 3 is 2.53 bits per heavy atom. The highest BCUT2D eigenvalue weighted by Crippen LogP contribution is 2.06. The van der Waals surface area contributed by atoms with Crippen LogP contribution in [0.3, 0.4) is 0 Å². The number of hydrogen-bond acceptors (Lipinski definition) is 3. The zero-order chi connectivity index (χ0) is 14.4. The van der Waals surface area contributed by atoms with Gasteiger partial charge < -0.3 is 10.6 Å². The summed E-state index contributed by atoms with van der Waals surface area (Å²) in [5, 5.41) is 5.29. The number of rotatable bonds is 5. The van der Waals surface area contributed by atoms with Gasteiger partial charge in [0.2, 0.25) is 5.91 Å². The molecule has 0 fully saturated rings. The zero-order valence-electron chi connectivity index (χ0n) is 11.9. The molecule has 0 aliphatic rings. The van der Waals surface area contributed by atoms with E-state index in [2.05, 4.69) is 15.6 Å². The Bertz CT molecular complexity index is 458. The fourth-order valence-electron chi connectivity index (χ4n) is 1.78. The second kappa shape index (κ2) is 6.87. The standard InChI is InChI=1S/C14H21N3O2/c1-9(2)8-12(13(18)15-4)17-14(19)11-7-5-6-10(3)16-11/h5-7,9,12H,8H2,1-4H3,(H,15,18)(H,17,19)/t12-/m0/s1. The lowest BCUT2D eigenvalue weighted by Crippen LogP contribution is -2.46. The van der Waals surface area contributed by atoms with E-state index in [1.807, 2.05) is 26.8 Å². The van der Waals surface area contributed by atoms with E-state index < -0.39 is 6.04 Å². The van der Waals surface area contributed by atoms with Gasteiger partial charge in [0.1, 0.15) is 11.7 Å². The molecule has 0 saturated heterocycles. The van der Waals surface area contributed by atoms with Crippen LogP contribution in [0.5, 0.6) is 0 Å². The Morgan fingerprint density at radius 1 is 1.32 bits per heavy atom. The molecule has 19 heavy (non-hydrogen) atoms. The Hall–Kier alpha value is -1.91. The maximum Gasteiger partial charge on any atom is 0.270 e. The first-order valence-electron chi connectivity index (χ1n) is 6.40. The number of nitrogens with zero attached hydrogens (tertiary/aromatic N) is 1. The van der Waals surface area contributed by atoms with Gasteiger partial charge >= 0.3 is 0 Å². The summed E-state index contributed by atoms with van der Waals surface area (Å²) in [5.41, 5.74) is 1.10. The number of carbonyl (C=O) groups is 2. The van der Waals surface area contributed by atoms with Crippen molar-refractivity contribution < 1.29 is 9.59 Å². The number of hydrogen-bond donors (Lipinski definition) is 2. The predicted molar refractivity (Wildman–Crippen MR) is 73.7 cm³/mol. The van der Waals surface area contributed by atoms with Crippen LogP contribution in [0.1, 0.15) is 36.5 Å². The molecule has 2 N–H and O–H groups in total. The third-order valence-electron chi connectivity index (χ3n) is 2.70. The molecule has 0 aromatic carbocycles. The van der Waals surface area contributed by atoms with Gasteiger partial charge in [0.25, 0.3) is 5.91 Å². The van der Waals surface area contributed by atoms with Crippen LogP contribution in [0.2, 0.25) is 0 Å². The third kappa shape index (κ3) is 4.69. The van der Waals surface area contributed by atoms with Crippen LogP contribution >= 0.6 is 0 Å². The van der Waals surface area contributed by atoms with Crippen molar-refractivity contribution in [2.75, 3.05) is 7.05 Å². The topological polar surface area (TPSA) is 71.1 Å². The largest absolute Gasteiger partial charge is 0.357 e.